The van der Waals surface area contributed by atoms with E-state index in [9.17, 15) is 9.59 Å². The Morgan fingerprint density at radius 3 is 2.83 bits per heavy atom. The minimum absolute atomic E-state index is 0.000223. The van der Waals surface area contributed by atoms with Gasteiger partial charge in [-0.2, -0.15) is 0 Å². The number of hydrogen-bond donors (Lipinski definition) is 3. The molecule has 0 aromatic heterocycles. The molecule has 0 unspecified atom stereocenters. The third kappa shape index (κ3) is 5.02. The van der Waals surface area contributed by atoms with Gasteiger partial charge in [-0.1, -0.05) is 30.9 Å². The van der Waals surface area contributed by atoms with Crippen molar-refractivity contribution in [3.8, 4) is 5.75 Å². The molecule has 1 saturated carbocycles. The van der Waals surface area contributed by atoms with Crippen molar-refractivity contribution < 1.29 is 14.3 Å². The standard InChI is InChI=1S/C17H23N3O3/c1-2-9-23-15-6-4-3-5-13(15)11-19-17(22)20-14-8-7-12(10-14)16(18)21/h2-6,12,14H,1,7-11H2,(H2,18,21)(H2,19,20,22)/t12-,14+/m1/s1. The van der Waals surface area contributed by atoms with Crippen LogP contribution in [0.1, 0.15) is 24.8 Å². The largest absolute Gasteiger partial charge is 0.489 e. The van der Waals surface area contributed by atoms with E-state index in [0.29, 0.717) is 19.6 Å². The predicted octanol–water partition coefficient (Wildman–Crippen LogP) is 1.70. The number of carbonyl (C=O) groups excluding carboxylic acids is 2. The molecule has 0 heterocycles. The summed E-state index contributed by atoms with van der Waals surface area (Å²) in [5.41, 5.74) is 6.19. The lowest BCUT2D eigenvalue weighted by Gasteiger charge is -2.15. The summed E-state index contributed by atoms with van der Waals surface area (Å²) in [6, 6.07) is 7.28. The van der Waals surface area contributed by atoms with Crippen molar-refractivity contribution in [2.24, 2.45) is 11.7 Å². The average molecular weight is 317 g/mol. The number of hydrogen-bond acceptors (Lipinski definition) is 3. The maximum absolute atomic E-state index is 12.0. The van der Waals surface area contributed by atoms with Gasteiger partial charge in [-0.3, -0.25) is 4.79 Å². The first-order valence-electron chi connectivity index (χ1n) is 7.75. The first kappa shape index (κ1) is 16.9. The smallest absolute Gasteiger partial charge is 0.315 e. The molecule has 0 spiro atoms. The van der Waals surface area contributed by atoms with E-state index in [2.05, 4.69) is 17.2 Å². The van der Waals surface area contributed by atoms with E-state index in [-0.39, 0.29) is 23.9 Å². The molecule has 2 atom stereocenters. The number of nitrogens with two attached hydrogens (primary N) is 1. The van der Waals surface area contributed by atoms with Crippen LogP contribution in [0.4, 0.5) is 4.79 Å². The molecule has 23 heavy (non-hydrogen) atoms. The van der Waals surface area contributed by atoms with Crippen molar-refractivity contribution >= 4 is 11.9 Å². The Kier molecular flexibility index (Phi) is 6.02. The number of carbonyl (C=O) groups is 2. The summed E-state index contributed by atoms with van der Waals surface area (Å²) >= 11 is 0. The highest BCUT2D eigenvalue weighted by Crippen LogP contribution is 2.25. The topological polar surface area (TPSA) is 93.4 Å². The Morgan fingerprint density at radius 2 is 2.13 bits per heavy atom. The quantitative estimate of drug-likeness (QED) is 0.668. The zero-order valence-electron chi connectivity index (χ0n) is 13.1. The number of rotatable bonds is 7. The van der Waals surface area contributed by atoms with Gasteiger partial charge in [-0.25, -0.2) is 4.79 Å². The van der Waals surface area contributed by atoms with Crippen LogP contribution in [0, 0.1) is 5.92 Å². The fourth-order valence-corrected chi connectivity index (χ4v) is 2.72. The molecule has 1 aliphatic rings. The van der Waals surface area contributed by atoms with E-state index >= 15 is 0 Å². The summed E-state index contributed by atoms with van der Waals surface area (Å²) < 4.78 is 5.55. The Balaban J connectivity index is 1.81. The van der Waals surface area contributed by atoms with Crippen molar-refractivity contribution in [1.82, 2.24) is 10.6 Å². The van der Waals surface area contributed by atoms with Crippen LogP contribution in [0.5, 0.6) is 5.75 Å². The maximum atomic E-state index is 12.0. The molecule has 3 amide bonds. The highest BCUT2D eigenvalue weighted by atomic mass is 16.5. The molecule has 1 fully saturated rings. The van der Waals surface area contributed by atoms with Gasteiger partial charge >= 0.3 is 6.03 Å². The SMILES string of the molecule is C=CCOc1ccccc1CNC(=O)N[C@H]1CC[C@@H](C(N)=O)C1. The van der Waals surface area contributed by atoms with Gasteiger partial charge in [-0.15, -0.1) is 0 Å². The van der Waals surface area contributed by atoms with Crippen LogP contribution in [0.2, 0.25) is 0 Å². The number of benzene rings is 1. The molecular formula is C17H23N3O3. The van der Waals surface area contributed by atoms with Crippen molar-refractivity contribution in [3.63, 3.8) is 0 Å². The molecule has 0 radical (unpaired) electrons. The van der Waals surface area contributed by atoms with Gasteiger partial charge in [0.2, 0.25) is 5.91 Å². The van der Waals surface area contributed by atoms with E-state index < -0.39 is 0 Å². The van der Waals surface area contributed by atoms with Crippen molar-refractivity contribution in [3.05, 3.63) is 42.5 Å². The molecule has 1 aliphatic carbocycles. The van der Waals surface area contributed by atoms with Gasteiger partial charge < -0.3 is 21.1 Å². The van der Waals surface area contributed by atoms with Crippen molar-refractivity contribution in [2.75, 3.05) is 6.61 Å². The van der Waals surface area contributed by atoms with Crippen LogP contribution in [-0.2, 0) is 11.3 Å². The molecule has 2 rings (SSSR count). The molecule has 0 bridgehead atoms. The summed E-state index contributed by atoms with van der Waals surface area (Å²) in [6.07, 6.45) is 3.80. The van der Waals surface area contributed by atoms with Gasteiger partial charge in [0, 0.05) is 24.1 Å². The van der Waals surface area contributed by atoms with Crippen LogP contribution in [-0.4, -0.2) is 24.6 Å². The van der Waals surface area contributed by atoms with Gasteiger partial charge in [0.05, 0.1) is 0 Å². The van der Waals surface area contributed by atoms with Gasteiger partial charge in [0.15, 0.2) is 0 Å². The van der Waals surface area contributed by atoms with E-state index in [1.165, 1.54) is 0 Å². The maximum Gasteiger partial charge on any atom is 0.315 e. The lowest BCUT2D eigenvalue weighted by atomic mass is 10.1. The van der Waals surface area contributed by atoms with E-state index in [1.807, 2.05) is 24.3 Å². The third-order valence-electron chi connectivity index (χ3n) is 3.94. The number of ether oxygens (including phenoxy) is 1. The molecule has 1 aromatic carbocycles. The Labute approximate surface area is 136 Å². The second-order valence-electron chi connectivity index (χ2n) is 5.64. The van der Waals surface area contributed by atoms with Crippen LogP contribution in [0.3, 0.4) is 0 Å². The summed E-state index contributed by atoms with van der Waals surface area (Å²) in [5.74, 6) is 0.304. The highest BCUT2D eigenvalue weighted by Gasteiger charge is 2.29. The van der Waals surface area contributed by atoms with E-state index in [1.54, 1.807) is 6.08 Å². The Bertz CT molecular complexity index is 574. The second-order valence-corrected chi connectivity index (χ2v) is 5.64. The number of urea groups is 1. The number of amides is 3. The fourth-order valence-electron chi connectivity index (χ4n) is 2.72. The first-order valence-corrected chi connectivity index (χ1v) is 7.75. The number of primary amides is 1. The lowest BCUT2D eigenvalue weighted by molar-refractivity contribution is -0.121. The summed E-state index contributed by atoms with van der Waals surface area (Å²) in [4.78, 5) is 23.1. The fraction of sp³-hybridized carbons (Fsp3) is 0.412. The molecule has 6 heteroatoms. The summed E-state index contributed by atoms with van der Waals surface area (Å²) in [7, 11) is 0. The van der Waals surface area contributed by atoms with Crippen molar-refractivity contribution in [1.29, 1.82) is 0 Å². The Morgan fingerprint density at radius 1 is 1.35 bits per heavy atom. The van der Waals surface area contributed by atoms with Crippen LogP contribution < -0.4 is 21.1 Å². The predicted molar refractivity (Wildman–Crippen MR) is 87.8 cm³/mol. The molecular weight excluding hydrogens is 294 g/mol. The van der Waals surface area contributed by atoms with Crippen LogP contribution in [0.25, 0.3) is 0 Å². The third-order valence-corrected chi connectivity index (χ3v) is 3.94. The number of para-hydroxylation sites is 1. The number of nitrogens with one attached hydrogen (secondary N) is 2. The normalized spacial score (nSPS) is 19.8. The van der Waals surface area contributed by atoms with Gasteiger partial charge in [0.25, 0.3) is 0 Å². The van der Waals surface area contributed by atoms with Gasteiger partial charge in [0.1, 0.15) is 12.4 Å². The second kappa shape index (κ2) is 8.22. The minimum atomic E-state index is -0.289. The molecule has 124 valence electrons. The van der Waals surface area contributed by atoms with E-state index in [4.69, 9.17) is 10.5 Å². The molecule has 6 nitrogen and oxygen atoms in total. The zero-order valence-corrected chi connectivity index (χ0v) is 13.1. The van der Waals surface area contributed by atoms with E-state index in [0.717, 1.165) is 24.2 Å². The summed E-state index contributed by atoms with van der Waals surface area (Å²) in [6.45, 7) is 4.40. The highest BCUT2D eigenvalue weighted by molar-refractivity contribution is 5.78. The molecule has 0 saturated heterocycles. The monoisotopic (exact) mass is 317 g/mol. The van der Waals surface area contributed by atoms with Crippen LogP contribution >= 0.6 is 0 Å². The first-order chi connectivity index (χ1) is 11.1. The van der Waals surface area contributed by atoms with Gasteiger partial charge in [-0.05, 0) is 25.3 Å². The average Bonchev–Trinajstić information content (AvgIpc) is 3.00. The summed E-state index contributed by atoms with van der Waals surface area (Å²) in [5, 5.41) is 5.70. The zero-order chi connectivity index (χ0) is 16.7. The lowest BCUT2D eigenvalue weighted by Crippen LogP contribution is -2.41. The Hall–Kier alpha value is -2.50. The minimum Gasteiger partial charge on any atom is -0.489 e. The van der Waals surface area contributed by atoms with Crippen molar-refractivity contribution in [2.45, 2.75) is 31.8 Å². The molecule has 1 aromatic rings. The molecule has 4 N–H and O–H groups in total. The van der Waals surface area contributed by atoms with Crippen LogP contribution in [0.15, 0.2) is 36.9 Å². The molecule has 0 aliphatic heterocycles.